The fourth-order valence-corrected chi connectivity index (χ4v) is 3.22. The van der Waals surface area contributed by atoms with E-state index in [-0.39, 0.29) is 0 Å². The number of anilines is 2. The summed E-state index contributed by atoms with van der Waals surface area (Å²) in [6.45, 7) is 5.48. The van der Waals surface area contributed by atoms with Crippen molar-refractivity contribution in [2.24, 2.45) is 0 Å². The molecule has 0 spiro atoms. The van der Waals surface area contributed by atoms with Crippen LogP contribution in [0.1, 0.15) is 5.82 Å². The molecule has 1 aromatic carbocycles. The van der Waals surface area contributed by atoms with Gasteiger partial charge in [0.05, 0.1) is 10.0 Å². The first-order valence-corrected chi connectivity index (χ1v) is 8.51. The number of fused-ring (bicyclic) bond motifs is 1. The molecule has 6 nitrogen and oxygen atoms in total. The van der Waals surface area contributed by atoms with E-state index in [0.717, 1.165) is 49.2 Å². The van der Waals surface area contributed by atoms with E-state index in [0.29, 0.717) is 10.0 Å². The van der Waals surface area contributed by atoms with E-state index in [1.165, 1.54) is 0 Å². The number of halogens is 2. The van der Waals surface area contributed by atoms with Crippen LogP contribution in [0.25, 0.3) is 5.65 Å². The van der Waals surface area contributed by atoms with Gasteiger partial charge in [0.1, 0.15) is 5.82 Å². The average Bonchev–Trinajstić information content (AvgIpc) is 2.98. The van der Waals surface area contributed by atoms with Gasteiger partial charge in [-0.3, -0.25) is 0 Å². The number of hydrogen-bond acceptors (Lipinski definition) is 5. The highest BCUT2D eigenvalue weighted by molar-refractivity contribution is 6.42. The molecule has 4 rings (SSSR count). The molecule has 0 aliphatic carbocycles. The molecule has 0 radical (unpaired) electrons. The van der Waals surface area contributed by atoms with Gasteiger partial charge in [-0.25, -0.2) is 0 Å². The van der Waals surface area contributed by atoms with Gasteiger partial charge in [-0.05, 0) is 37.3 Å². The summed E-state index contributed by atoms with van der Waals surface area (Å²) < 4.78 is 1.78. The maximum atomic E-state index is 6.12. The quantitative estimate of drug-likeness (QED) is 0.701. The van der Waals surface area contributed by atoms with Crippen LogP contribution in [0, 0.1) is 6.92 Å². The van der Waals surface area contributed by atoms with Gasteiger partial charge >= 0.3 is 0 Å². The fraction of sp³-hybridized carbons (Fsp3) is 0.312. The number of piperazine rings is 1. The number of rotatable bonds is 2. The number of benzene rings is 1. The van der Waals surface area contributed by atoms with Gasteiger partial charge in [0.2, 0.25) is 0 Å². The third-order valence-corrected chi connectivity index (χ3v) is 5.02. The van der Waals surface area contributed by atoms with Gasteiger partial charge < -0.3 is 9.80 Å². The lowest BCUT2D eigenvalue weighted by atomic mass is 10.2. The van der Waals surface area contributed by atoms with Crippen LogP contribution in [0.4, 0.5) is 11.5 Å². The molecular formula is C16H16Cl2N6. The van der Waals surface area contributed by atoms with Gasteiger partial charge in [0.15, 0.2) is 11.5 Å². The topological polar surface area (TPSA) is 49.6 Å². The van der Waals surface area contributed by atoms with Crippen LogP contribution < -0.4 is 9.80 Å². The highest BCUT2D eigenvalue weighted by Gasteiger charge is 2.19. The van der Waals surface area contributed by atoms with Crippen LogP contribution in [-0.2, 0) is 0 Å². The maximum absolute atomic E-state index is 6.12. The minimum Gasteiger partial charge on any atom is -0.368 e. The van der Waals surface area contributed by atoms with Crippen molar-refractivity contribution in [2.75, 3.05) is 36.0 Å². The Labute approximate surface area is 149 Å². The molecule has 1 aliphatic heterocycles. The zero-order chi connectivity index (χ0) is 16.7. The van der Waals surface area contributed by atoms with E-state index in [1.54, 1.807) is 4.52 Å². The SMILES string of the molecule is Cc1nnc2ccc(N3CCN(c4ccc(Cl)c(Cl)c4)CC3)nn12. The molecule has 0 unspecified atom stereocenters. The van der Waals surface area contributed by atoms with Gasteiger partial charge in [-0.1, -0.05) is 23.2 Å². The van der Waals surface area contributed by atoms with Crippen molar-refractivity contribution in [3.63, 3.8) is 0 Å². The standard InChI is InChI=1S/C16H16Cl2N6/c1-11-19-20-15-4-5-16(21-24(11)15)23-8-6-22(7-9-23)12-2-3-13(17)14(18)10-12/h2-5,10H,6-9H2,1H3. The molecule has 124 valence electrons. The van der Waals surface area contributed by atoms with Crippen LogP contribution in [0.5, 0.6) is 0 Å². The van der Waals surface area contributed by atoms with Crippen molar-refractivity contribution < 1.29 is 0 Å². The number of nitrogens with zero attached hydrogens (tertiary/aromatic N) is 6. The molecule has 0 bridgehead atoms. The first-order valence-electron chi connectivity index (χ1n) is 7.76. The molecule has 1 saturated heterocycles. The predicted octanol–water partition coefficient (Wildman–Crippen LogP) is 3.07. The first-order chi connectivity index (χ1) is 11.6. The van der Waals surface area contributed by atoms with Crippen molar-refractivity contribution in [2.45, 2.75) is 6.92 Å². The van der Waals surface area contributed by atoms with E-state index in [4.69, 9.17) is 23.2 Å². The molecule has 2 aromatic heterocycles. The smallest absolute Gasteiger partial charge is 0.178 e. The lowest BCUT2D eigenvalue weighted by Gasteiger charge is -2.36. The Balaban J connectivity index is 1.50. The third kappa shape index (κ3) is 2.76. The van der Waals surface area contributed by atoms with E-state index >= 15 is 0 Å². The first kappa shape index (κ1) is 15.5. The second kappa shape index (κ2) is 6.11. The Morgan fingerprint density at radius 1 is 0.875 bits per heavy atom. The zero-order valence-corrected chi connectivity index (χ0v) is 14.7. The van der Waals surface area contributed by atoms with Crippen LogP contribution in [0.3, 0.4) is 0 Å². The second-order valence-corrected chi connectivity index (χ2v) is 6.60. The molecule has 3 aromatic rings. The second-order valence-electron chi connectivity index (χ2n) is 5.78. The molecule has 8 heteroatoms. The summed E-state index contributed by atoms with van der Waals surface area (Å²) in [4.78, 5) is 4.58. The highest BCUT2D eigenvalue weighted by Crippen LogP contribution is 2.28. The highest BCUT2D eigenvalue weighted by atomic mass is 35.5. The largest absolute Gasteiger partial charge is 0.368 e. The van der Waals surface area contributed by atoms with Gasteiger partial charge in [0, 0.05) is 31.9 Å². The summed E-state index contributed by atoms with van der Waals surface area (Å²) in [5.74, 6) is 1.74. The number of aryl methyl sites for hydroxylation is 1. The summed E-state index contributed by atoms with van der Waals surface area (Å²) in [5.41, 5.74) is 1.87. The van der Waals surface area contributed by atoms with E-state index in [1.807, 2.05) is 37.3 Å². The Morgan fingerprint density at radius 3 is 2.38 bits per heavy atom. The fourth-order valence-electron chi connectivity index (χ4n) is 2.93. The Morgan fingerprint density at radius 2 is 1.62 bits per heavy atom. The molecule has 0 atom stereocenters. The minimum absolute atomic E-state index is 0.584. The van der Waals surface area contributed by atoms with Crippen molar-refractivity contribution in [1.82, 2.24) is 19.8 Å². The van der Waals surface area contributed by atoms with Crippen LogP contribution in [0.15, 0.2) is 30.3 Å². The van der Waals surface area contributed by atoms with Crippen LogP contribution in [-0.4, -0.2) is 46.0 Å². The molecule has 24 heavy (non-hydrogen) atoms. The minimum atomic E-state index is 0.584. The number of aromatic nitrogens is 4. The summed E-state index contributed by atoms with van der Waals surface area (Å²) in [7, 11) is 0. The molecule has 0 saturated carbocycles. The lowest BCUT2D eigenvalue weighted by Crippen LogP contribution is -2.47. The summed E-state index contributed by atoms with van der Waals surface area (Å²) in [6, 6.07) is 9.72. The molecule has 0 amide bonds. The summed E-state index contributed by atoms with van der Waals surface area (Å²) in [6.07, 6.45) is 0. The Kier molecular flexibility index (Phi) is 3.94. The lowest BCUT2D eigenvalue weighted by molar-refractivity contribution is 0.640. The summed E-state index contributed by atoms with van der Waals surface area (Å²) in [5, 5.41) is 13.9. The third-order valence-electron chi connectivity index (χ3n) is 4.28. The Hall–Kier alpha value is -2.05. The van der Waals surface area contributed by atoms with Crippen molar-refractivity contribution >= 4 is 40.4 Å². The average molecular weight is 363 g/mol. The van der Waals surface area contributed by atoms with E-state index < -0.39 is 0 Å². The molecule has 0 N–H and O–H groups in total. The van der Waals surface area contributed by atoms with Crippen LogP contribution >= 0.6 is 23.2 Å². The van der Waals surface area contributed by atoms with Gasteiger partial charge in [-0.15, -0.1) is 15.3 Å². The number of hydrogen-bond donors (Lipinski definition) is 0. The monoisotopic (exact) mass is 362 g/mol. The normalized spacial score (nSPS) is 15.3. The molecule has 1 fully saturated rings. The molecule has 3 heterocycles. The van der Waals surface area contributed by atoms with Crippen LogP contribution in [0.2, 0.25) is 10.0 Å². The van der Waals surface area contributed by atoms with Crippen molar-refractivity contribution in [3.8, 4) is 0 Å². The summed E-state index contributed by atoms with van der Waals surface area (Å²) >= 11 is 12.1. The van der Waals surface area contributed by atoms with Crippen molar-refractivity contribution in [3.05, 3.63) is 46.2 Å². The van der Waals surface area contributed by atoms with Gasteiger partial charge in [0.25, 0.3) is 0 Å². The Bertz CT molecular complexity index is 885. The van der Waals surface area contributed by atoms with Gasteiger partial charge in [-0.2, -0.15) is 4.52 Å². The molecule has 1 aliphatic rings. The van der Waals surface area contributed by atoms with Crippen molar-refractivity contribution in [1.29, 1.82) is 0 Å². The van der Waals surface area contributed by atoms with E-state index in [2.05, 4.69) is 25.1 Å². The van der Waals surface area contributed by atoms with E-state index in [9.17, 15) is 0 Å². The predicted molar refractivity (Wildman–Crippen MR) is 96.4 cm³/mol. The maximum Gasteiger partial charge on any atom is 0.178 e. The molecular weight excluding hydrogens is 347 g/mol. The zero-order valence-electron chi connectivity index (χ0n) is 13.2.